The molecule has 0 aliphatic rings. The third-order valence-corrected chi connectivity index (χ3v) is 5.33. The summed E-state index contributed by atoms with van der Waals surface area (Å²) in [7, 11) is -3.79. The van der Waals surface area contributed by atoms with Crippen LogP contribution in [0.4, 0.5) is 0 Å². The van der Waals surface area contributed by atoms with E-state index in [1.54, 1.807) is 32.9 Å². The zero-order valence-electron chi connectivity index (χ0n) is 15.2. The molecule has 144 valence electrons. The molecule has 0 amide bonds. The standard InChI is InChI=1S/C19H20ClNO5S/c1-19(2,3)21-27(24,25)16-6-4-5-14(11-16)18(23)26-12-17(22)13-7-9-15(20)10-8-13/h4-11,21H,12H2,1-3H3. The van der Waals surface area contributed by atoms with E-state index in [-0.39, 0.29) is 10.5 Å². The predicted octanol–water partition coefficient (Wildman–Crippen LogP) is 3.46. The summed E-state index contributed by atoms with van der Waals surface area (Å²) >= 11 is 5.76. The molecule has 0 aromatic heterocycles. The first-order chi connectivity index (χ1) is 12.5. The van der Waals surface area contributed by atoms with Gasteiger partial charge in [-0.15, -0.1) is 0 Å². The Balaban J connectivity index is 2.09. The molecule has 0 unspecified atom stereocenters. The van der Waals surface area contributed by atoms with E-state index in [1.807, 2.05) is 0 Å². The normalized spacial score (nSPS) is 11.9. The Bertz CT molecular complexity index is 947. The van der Waals surface area contributed by atoms with Crippen molar-refractivity contribution < 1.29 is 22.7 Å². The Hall–Kier alpha value is -2.22. The highest BCUT2D eigenvalue weighted by Crippen LogP contribution is 2.16. The minimum Gasteiger partial charge on any atom is -0.454 e. The van der Waals surface area contributed by atoms with Crippen LogP contribution in [-0.2, 0) is 14.8 Å². The van der Waals surface area contributed by atoms with E-state index < -0.39 is 33.9 Å². The van der Waals surface area contributed by atoms with E-state index in [1.165, 1.54) is 36.4 Å². The largest absolute Gasteiger partial charge is 0.454 e. The second-order valence-electron chi connectivity index (χ2n) is 6.89. The van der Waals surface area contributed by atoms with Gasteiger partial charge in [-0.2, -0.15) is 0 Å². The van der Waals surface area contributed by atoms with Gasteiger partial charge >= 0.3 is 5.97 Å². The Labute approximate surface area is 163 Å². The second kappa shape index (κ2) is 8.21. The molecule has 0 atom stereocenters. The lowest BCUT2D eigenvalue weighted by Crippen LogP contribution is -2.40. The van der Waals surface area contributed by atoms with Crippen LogP contribution < -0.4 is 4.72 Å². The Kier molecular flexibility index (Phi) is 6.41. The van der Waals surface area contributed by atoms with Gasteiger partial charge in [-0.3, -0.25) is 4.79 Å². The molecular weight excluding hydrogens is 390 g/mol. The summed E-state index contributed by atoms with van der Waals surface area (Å²) in [5.41, 5.74) is -0.269. The minimum atomic E-state index is -3.79. The van der Waals surface area contributed by atoms with Gasteiger partial charge in [0.05, 0.1) is 10.5 Å². The SMILES string of the molecule is CC(C)(C)NS(=O)(=O)c1cccc(C(=O)OCC(=O)c2ccc(Cl)cc2)c1. The number of hydrogen-bond acceptors (Lipinski definition) is 5. The molecular formula is C19H20ClNO5S. The van der Waals surface area contributed by atoms with E-state index >= 15 is 0 Å². The van der Waals surface area contributed by atoms with Crippen LogP contribution in [0.25, 0.3) is 0 Å². The fourth-order valence-electron chi connectivity index (χ4n) is 2.19. The predicted molar refractivity (Wildman–Crippen MR) is 103 cm³/mol. The highest BCUT2D eigenvalue weighted by Gasteiger charge is 2.23. The summed E-state index contributed by atoms with van der Waals surface area (Å²) in [5.74, 6) is -1.18. The van der Waals surface area contributed by atoms with Crippen molar-refractivity contribution in [1.82, 2.24) is 4.72 Å². The van der Waals surface area contributed by atoms with Crippen LogP contribution in [0.1, 0.15) is 41.5 Å². The number of esters is 1. The summed E-state index contributed by atoms with van der Waals surface area (Å²) in [6.45, 7) is 4.68. The zero-order valence-corrected chi connectivity index (χ0v) is 16.7. The third kappa shape index (κ3) is 6.16. The van der Waals surface area contributed by atoms with Crippen molar-refractivity contribution in [2.45, 2.75) is 31.2 Å². The van der Waals surface area contributed by atoms with Crippen molar-refractivity contribution in [1.29, 1.82) is 0 Å². The maximum Gasteiger partial charge on any atom is 0.338 e. The van der Waals surface area contributed by atoms with Crippen LogP contribution in [0, 0.1) is 0 Å². The van der Waals surface area contributed by atoms with Crippen molar-refractivity contribution in [3.63, 3.8) is 0 Å². The number of ketones is 1. The van der Waals surface area contributed by atoms with Gasteiger partial charge in [0.25, 0.3) is 0 Å². The second-order valence-corrected chi connectivity index (χ2v) is 9.01. The van der Waals surface area contributed by atoms with Gasteiger partial charge in [0.1, 0.15) is 0 Å². The van der Waals surface area contributed by atoms with E-state index in [0.29, 0.717) is 10.6 Å². The number of benzene rings is 2. The van der Waals surface area contributed by atoms with Crippen molar-refractivity contribution in [3.05, 3.63) is 64.7 Å². The number of ether oxygens (including phenoxy) is 1. The molecule has 0 saturated carbocycles. The van der Waals surface area contributed by atoms with Crippen LogP contribution in [0.15, 0.2) is 53.4 Å². The number of hydrogen-bond donors (Lipinski definition) is 1. The lowest BCUT2D eigenvalue weighted by Gasteiger charge is -2.20. The Morgan fingerprint density at radius 1 is 1.04 bits per heavy atom. The molecule has 0 radical (unpaired) electrons. The average molecular weight is 410 g/mol. The summed E-state index contributed by atoms with van der Waals surface area (Å²) in [6.07, 6.45) is 0. The Morgan fingerprint density at radius 2 is 1.67 bits per heavy atom. The summed E-state index contributed by atoms with van der Waals surface area (Å²) in [5, 5.41) is 0.491. The lowest BCUT2D eigenvalue weighted by atomic mass is 10.1. The topological polar surface area (TPSA) is 89.5 Å². The molecule has 0 aliphatic carbocycles. The van der Waals surface area contributed by atoms with Crippen LogP contribution in [0.2, 0.25) is 5.02 Å². The quantitative estimate of drug-likeness (QED) is 0.583. The first kappa shape index (κ1) is 21.1. The van der Waals surface area contributed by atoms with Crippen LogP contribution in [0.5, 0.6) is 0 Å². The number of rotatable bonds is 6. The van der Waals surface area contributed by atoms with Crippen molar-refractivity contribution in [2.75, 3.05) is 6.61 Å². The van der Waals surface area contributed by atoms with Gasteiger partial charge in [0.2, 0.25) is 10.0 Å². The number of carbonyl (C=O) groups excluding carboxylic acids is 2. The van der Waals surface area contributed by atoms with Gasteiger partial charge < -0.3 is 4.74 Å². The summed E-state index contributed by atoms with van der Waals surface area (Å²) in [6, 6.07) is 11.6. The highest BCUT2D eigenvalue weighted by atomic mass is 35.5. The van der Waals surface area contributed by atoms with E-state index in [4.69, 9.17) is 16.3 Å². The molecule has 0 fully saturated rings. The van der Waals surface area contributed by atoms with Gasteiger partial charge in [0, 0.05) is 16.1 Å². The maximum absolute atomic E-state index is 12.4. The molecule has 0 aliphatic heterocycles. The number of carbonyl (C=O) groups is 2. The fourth-order valence-corrected chi connectivity index (χ4v) is 3.78. The number of nitrogens with one attached hydrogen (secondary N) is 1. The molecule has 27 heavy (non-hydrogen) atoms. The molecule has 0 heterocycles. The number of sulfonamides is 1. The molecule has 2 aromatic carbocycles. The monoisotopic (exact) mass is 409 g/mol. The number of Topliss-reactive ketones (excluding diaryl/α,β-unsaturated/α-hetero) is 1. The zero-order chi connectivity index (χ0) is 20.2. The van der Waals surface area contributed by atoms with Gasteiger partial charge in [-0.05, 0) is 63.2 Å². The highest BCUT2D eigenvalue weighted by molar-refractivity contribution is 7.89. The maximum atomic E-state index is 12.4. The van der Waals surface area contributed by atoms with E-state index in [0.717, 1.165) is 0 Å². The summed E-state index contributed by atoms with van der Waals surface area (Å²) in [4.78, 5) is 24.2. The van der Waals surface area contributed by atoms with Crippen LogP contribution in [-0.4, -0.2) is 32.3 Å². The first-order valence-corrected chi connectivity index (χ1v) is 9.94. The fraction of sp³-hybridized carbons (Fsp3) is 0.263. The van der Waals surface area contributed by atoms with E-state index in [9.17, 15) is 18.0 Å². The average Bonchev–Trinajstić information content (AvgIpc) is 2.58. The van der Waals surface area contributed by atoms with Gasteiger partial charge in [-0.25, -0.2) is 17.9 Å². The van der Waals surface area contributed by atoms with E-state index in [2.05, 4.69) is 4.72 Å². The molecule has 8 heteroatoms. The molecule has 2 aromatic rings. The number of halogens is 1. The van der Waals surface area contributed by atoms with Crippen LogP contribution in [0.3, 0.4) is 0 Å². The van der Waals surface area contributed by atoms with Crippen molar-refractivity contribution in [2.24, 2.45) is 0 Å². The van der Waals surface area contributed by atoms with Gasteiger partial charge in [0.15, 0.2) is 12.4 Å². The van der Waals surface area contributed by atoms with Crippen LogP contribution >= 0.6 is 11.6 Å². The Morgan fingerprint density at radius 3 is 2.26 bits per heavy atom. The third-order valence-electron chi connectivity index (χ3n) is 3.32. The molecule has 0 bridgehead atoms. The summed E-state index contributed by atoms with van der Waals surface area (Å²) < 4.78 is 32.3. The molecule has 0 saturated heterocycles. The van der Waals surface area contributed by atoms with Crippen molar-refractivity contribution >= 4 is 33.4 Å². The molecule has 2 rings (SSSR count). The first-order valence-electron chi connectivity index (χ1n) is 8.08. The minimum absolute atomic E-state index is 0.0377. The van der Waals surface area contributed by atoms with Crippen molar-refractivity contribution in [3.8, 4) is 0 Å². The molecule has 1 N–H and O–H groups in total. The molecule has 0 spiro atoms. The van der Waals surface area contributed by atoms with Gasteiger partial charge in [-0.1, -0.05) is 17.7 Å². The molecule has 6 nitrogen and oxygen atoms in total. The lowest BCUT2D eigenvalue weighted by molar-refractivity contribution is 0.0474. The smallest absolute Gasteiger partial charge is 0.338 e.